The summed E-state index contributed by atoms with van der Waals surface area (Å²) in [5, 5.41) is 6.36. The van der Waals surface area contributed by atoms with Crippen LogP contribution in [0.1, 0.15) is 12.7 Å². The van der Waals surface area contributed by atoms with Gasteiger partial charge in [-0.15, -0.1) is 0 Å². The van der Waals surface area contributed by atoms with Gasteiger partial charge in [0.25, 0.3) is 0 Å². The van der Waals surface area contributed by atoms with Crippen molar-refractivity contribution >= 4 is 5.96 Å². The maximum atomic E-state index is 13.7. The number of imidazole rings is 1. The van der Waals surface area contributed by atoms with Gasteiger partial charge in [0, 0.05) is 7.05 Å². The molecule has 0 bridgehead atoms. The molecule has 1 atom stereocenters. The number of hydrogen-bond donors (Lipinski definition) is 3. The Morgan fingerprint density at radius 1 is 1.14 bits per heavy atom. The van der Waals surface area contributed by atoms with E-state index in [9.17, 15) is 4.39 Å². The molecule has 146 valence electrons. The van der Waals surface area contributed by atoms with Crippen molar-refractivity contribution in [2.45, 2.75) is 19.6 Å². The predicted octanol–water partition coefficient (Wildman–Crippen LogP) is 3.35. The van der Waals surface area contributed by atoms with Crippen molar-refractivity contribution in [1.29, 1.82) is 0 Å². The zero-order valence-electron chi connectivity index (χ0n) is 15.9. The Labute approximate surface area is 163 Å². The molecule has 0 amide bonds. The molecule has 1 aromatic heterocycles. The monoisotopic (exact) mass is 381 g/mol. The molecule has 3 aromatic rings. The van der Waals surface area contributed by atoms with Gasteiger partial charge in [-0.2, -0.15) is 0 Å². The van der Waals surface area contributed by atoms with Gasteiger partial charge in [-0.3, -0.25) is 4.99 Å². The van der Waals surface area contributed by atoms with Crippen molar-refractivity contribution in [1.82, 2.24) is 20.6 Å². The third-order valence-corrected chi connectivity index (χ3v) is 4.08. The summed E-state index contributed by atoms with van der Waals surface area (Å²) in [6.07, 6.45) is 1.58. The molecular weight excluding hydrogens is 357 g/mol. The fourth-order valence-electron chi connectivity index (χ4n) is 2.64. The minimum atomic E-state index is -0.371. The standard InChI is InChI=1S/C21H24FN5O/c1-15(28-19-11-7-6-10-17(19)22)12-25-21(23-2)26-14-20-24-13-18(27-20)16-8-4-3-5-9-16/h3-11,13,15H,12,14H2,1-2H3,(H,24,27)(H2,23,25,26). The molecule has 1 unspecified atom stereocenters. The van der Waals surface area contributed by atoms with Crippen LogP contribution in [-0.2, 0) is 6.54 Å². The Morgan fingerprint density at radius 3 is 2.64 bits per heavy atom. The highest BCUT2D eigenvalue weighted by Gasteiger charge is 2.09. The van der Waals surface area contributed by atoms with Crippen molar-refractivity contribution in [2.75, 3.05) is 13.6 Å². The van der Waals surface area contributed by atoms with Crippen LogP contribution in [0.5, 0.6) is 5.75 Å². The number of halogens is 1. The molecule has 0 aliphatic rings. The van der Waals surface area contributed by atoms with Crippen LogP contribution >= 0.6 is 0 Å². The highest BCUT2D eigenvalue weighted by Crippen LogP contribution is 2.17. The first kappa shape index (κ1) is 19.4. The minimum Gasteiger partial charge on any atom is -0.486 e. The zero-order valence-corrected chi connectivity index (χ0v) is 15.9. The Morgan fingerprint density at radius 2 is 1.89 bits per heavy atom. The van der Waals surface area contributed by atoms with Gasteiger partial charge >= 0.3 is 0 Å². The number of H-pyrrole nitrogens is 1. The number of para-hydroxylation sites is 1. The van der Waals surface area contributed by atoms with Crippen molar-refractivity contribution in [3.63, 3.8) is 0 Å². The molecule has 0 spiro atoms. The van der Waals surface area contributed by atoms with Gasteiger partial charge in [-0.25, -0.2) is 9.37 Å². The van der Waals surface area contributed by atoms with Crippen molar-refractivity contribution in [2.24, 2.45) is 4.99 Å². The first-order chi connectivity index (χ1) is 13.7. The van der Waals surface area contributed by atoms with Crippen molar-refractivity contribution in [3.8, 4) is 17.0 Å². The number of aliphatic imine (C=N–C) groups is 1. The van der Waals surface area contributed by atoms with Crippen molar-refractivity contribution < 1.29 is 9.13 Å². The largest absolute Gasteiger partial charge is 0.486 e. The minimum absolute atomic E-state index is 0.233. The van der Waals surface area contributed by atoms with E-state index in [0.717, 1.165) is 17.1 Å². The second kappa shape index (κ2) is 9.55. The summed E-state index contributed by atoms with van der Waals surface area (Å²) < 4.78 is 19.3. The summed E-state index contributed by atoms with van der Waals surface area (Å²) in [7, 11) is 1.69. The summed E-state index contributed by atoms with van der Waals surface area (Å²) in [6, 6.07) is 16.4. The number of guanidine groups is 1. The maximum absolute atomic E-state index is 13.7. The topological polar surface area (TPSA) is 74.3 Å². The highest BCUT2D eigenvalue weighted by molar-refractivity contribution is 5.79. The van der Waals surface area contributed by atoms with E-state index in [1.54, 1.807) is 25.2 Å². The van der Waals surface area contributed by atoms with Gasteiger partial charge < -0.3 is 20.4 Å². The number of nitrogens with one attached hydrogen (secondary N) is 3. The molecule has 0 aliphatic heterocycles. The number of aromatic amines is 1. The van der Waals surface area contributed by atoms with Crippen LogP contribution < -0.4 is 15.4 Å². The molecule has 3 N–H and O–H groups in total. The summed E-state index contributed by atoms with van der Waals surface area (Å²) in [5.74, 6) is 1.28. The smallest absolute Gasteiger partial charge is 0.191 e. The second-order valence-electron chi connectivity index (χ2n) is 6.28. The maximum Gasteiger partial charge on any atom is 0.191 e. The number of rotatable bonds is 7. The second-order valence-corrected chi connectivity index (χ2v) is 6.28. The molecule has 2 aromatic carbocycles. The Kier molecular flexibility index (Phi) is 6.62. The fraction of sp³-hybridized carbons (Fsp3) is 0.238. The first-order valence-electron chi connectivity index (χ1n) is 9.10. The van der Waals surface area contributed by atoms with Gasteiger partial charge in [0.15, 0.2) is 17.5 Å². The Bertz CT molecular complexity index is 910. The fourth-order valence-corrected chi connectivity index (χ4v) is 2.64. The van der Waals surface area contributed by atoms with Gasteiger partial charge in [-0.05, 0) is 24.6 Å². The number of benzene rings is 2. The van der Waals surface area contributed by atoms with Crippen LogP contribution in [0.15, 0.2) is 65.8 Å². The normalized spacial score (nSPS) is 12.5. The third-order valence-electron chi connectivity index (χ3n) is 4.08. The molecule has 7 heteroatoms. The predicted molar refractivity (Wildman–Crippen MR) is 109 cm³/mol. The summed E-state index contributed by atoms with van der Waals surface area (Å²) in [5.41, 5.74) is 2.05. The van der Waals surface area contributed by atoms with E-state index < -0.39 is 0 Å². The summed E-state index contributed by atoms with van der Waals surface area (Å²) in [6.45, 7) is 2.84. The average Bonchev–Trinajstić information content (AvgIpc) is 3.20. The lowest BCUT2D eigenvalue weighted by atomic mass is 10.2. The van der Waals surface area contributed by atoms with Gasteiger partial charge in [0.05, 0.1) is 25.0 Å². The number of ether oxygens (including phenoxy) is 1. The SMILES string of the molecule is CN=C(NCc1ncc(-c2ccccc2)[nH]1)NCC(C)Oc1ccccc1F. The van der Waals surface area contributed by atoms with E-state index in [-0.39, 0.29) is 17.7 Å². The van der Waals surface area contributed by atoms with Crippen molar-refractivity contribution in [3.05, 3.63) is 72.4 Å². The van der Waals surface area contributed by atoms with Crippen LogP contribution in [-0.4, -0.2) is 35.6 Å². The van der Waals surface area contributed by atoms with Crippen LogP contribution in [0.2, 0.25) is 0 Å². The van der Waals surface area contributed by atoms with E-state index in [1.807, 2.05) is 43.5 Å². The molecule has 6 nitrogen and oxygen atoms in total. The van der Waals surface area contributed by atoms with Crippen LogP contribution in [0.25, 0.3) is 11.3 Å². The summed E-state index contributed by atoms with van der Waals surface area (Å²) in [4.78, 5) is 11.9. The molecule has 3 rings (SSSR count). The first-order valence-corrected chi connectivity index (χ1v) is 9.10. The van der Waals surface area contributed by atoms with E-state index in [4.69, 9.17) is 4.74 Å². The van der Waals surface area contributed by atoms with Crippen LogP contribution in [0.3, 0.4) is 0 Å². The van der Waals surface area contributed by atoms with Crippen LogP contribution in [0.4, 0.5) is 4.39 Å². The summed E-state index contributed by atoms with van der Waals surface area (Å²) >= 11 is 0. The molecule has 1 heterocycles. The molecular formula is C21H24FN5O. The molecule has 0 saturated carbocycles. The lowest BCUT2D eigenvalue weighted by Crippen LogP contribution is -2.41. The lowest BCUT2D eigenvalue weighted by molar-refractivity contribution is 0.214. The lowest BCUT2D eigenvalue weighted by Gasteiger charge is -2.17. The number of nitrogens with zero attached hydrogens (tertiary/aromatic N) is 2. The quantitative estimate of drug-likeness (QED) is 0.433. The molecule has 0 saturated heterocycles. The Hall–Kier alpha value is -3.35. The van der Waals surface area contributed by atoms with E-state index >= 15 is 0 Å². The molecule has 0 aliphatic carbocycles. The molecule has 0 fully saturated rings. The molecule has 28 heavy (non-hydrogen) atoms. The van der Waals surface area contributed by atoms with E-state index in [2.05, 4.69) is 25.6 Å². The number of aromatic nitrogens is 2. The third kappa shape index (κ3) is 5.33. The van der Waals surface area contributed by atoms with Gasteiger partial charge in [0.2, 0.25) is 0 Å². The zero-order chi connectivity index (χ0) is 19.8. The number of hydrogen-bond acceptors (Lipinski definition) is 3. The Balaban J connectivity index is 1.47. The van der Waals surface area contributed by atoms with Crippen LogP contribution in [0, 0.1) is 5.82 Å². The van der Waals surface area contributed by atoms with E-state index in [0.29, 0.717) is 19.0 Å². The van der Waals surface area contributed by atoms with Gasteiger partial charge in [-0.1, -0.05) is 42.5 Å². The molecule has 0 radical (unpaired) electrons. The van der Waals surface area contributed by atoms with Gasteiger partial charge in [0.1, 0.15) is 11.9 Å². The van der Waals surface area contributed by atoms with E-state index in [1.165, 1.54) is 6.07 Å². The highest BCUT2D eigenvalue weighted by atomic mass is 19.1. The average molecular weight is 381 g/mol.